The van der Waals surface area contributed by atoms with Crippen LogP contribution < -0.4 is 4.74 Å². The number of carbonyl (C=O) groups is 3. The molecule has 7 heteroatoms. The minimum absolute atomic E-state index is 0.0980. The molecule has 7 nitrogen and oxygen atoms in total. The van der Waals surface area contributed by atoms with Crippen LogP contribution in [0.4, 0.5) is 4.79 Å². The van der Waals surface area contributed by atoms with Crippen molar-refractivity contribution in [2.45, 2.75) is 26.6 Å². The highest BCUT2D eigenvalue weighted by Crippen LogP contribution is 2.17. The Hall–Kier alpha value is -4.13. The third-order valence-electron chi connectivity index (χ3n) is 5.07. The van der Waals surface area contributed by atoms with Crippen molar-refractivity contribution < 1.29 is 33.3 Å². The van der Waals surface area contributed by atoms with Crippen LogP contribution in [0.3, 0.4) is 0 Å². The van der Waals surface area contributed by atoms with E-state index in [1.54, 1.807) is 31.2 Å². The molecule has 0 radical (unpaired) electrons. The molecule has 0 heterocycles. The highest BCUT2D eigenvalue weighted by molar-refractivity contribution is 5.90. The molecule has 3 aromatic carbocycles. The maximum atomic E-state index is 12.4. The fourth-order valence-electron chi connectivity index (χ4n) is 2.85. The lowest BCUT2D eigenvalue weighted by molar-refractivity contribution is 0.00517. The van der Waals surface area contributed by atoms with E-state index in [0.29, 0.717) is 11.1 Å². The van der Waals surface area contributed by atoms with E-state index in [2.05, 4.69) is 0 Å². The summed E-state index contributed by atoms with van der Waals surface area (Å²) in [5.41, 5.74) is 1.60. The van der Waals surface area contributed by atoms with Gasteiger partial charge < -0.3 is 18.9 Å². The Bertz CT molecular complexity index is 1080. The van der Waals surface area contributed by atoms with Gasteiger partial charge in [-0.25, -0.2) is 14.4 Å². The molecule has 0 bridgehead atoms. The summed E-state index contributed by atoms with van der Waals surface area (Å²) in [6.45, 7) is 3.77. The average Bonchev–Trinajstić information content (AvgIpc) is 2.87. The van der Waals surface area contributed by atoms with Crippen molar-refractivity contribution in [3.8, 4) is 5.75 Å². The molecule has 0 aliphatic carbocycles. The monoisotopic (exact) mass is 462 g/mol. The second-order valence-corrected chi connectivity index (χ2v) is 7.70. The van der Waals surface area contributed by atoms with Gasteiger partial charge in [0.05, 0.1) is 17.7 Å². The van der Waals surface area contributed by atoms with Gasteiger partial charge in [0.15, 0.2) is 0 Å². The molecular weight excluding hydrogens is 436 g/mol. The summed E-state index contributed by atoms with van der Waals surface area (Å²) >= 11 is 0. The van der Waals surface area contributed by atoms with E-state index in [0.717, 1.165) is 5.56 Å². The number of esters is 2. The fraction of sp³-hybridized carbons (Fsp3) is 0.222. The highest BCUT2D eigenvalue weighted by atomic mass is 16.7. The smallest absolute Gasteiger partial charge is 0.462 e. The van der Waals surface area contributed by atoms with Gasteiger partial charge in [0, 0.05) is 5.92 Å². The third-order valence-corrected chi connectivity index (χ3v) is 5.07. The minimum Gasteiger partial charge on any atom is -0.462 e. The van der Waals surface area contributed by atoms with Gasteiger partial charge >= 0.3 is 18.1 Å². The van der Waals surface area contributed by atoms with Crippen molar-refractivity contribution in [2.24, 2.45) is 5.92 Å². The van der Waals surface area contributed by atoms with Crippen molar-refractivity contribution in [1.82, 2.24) is 0 Å². The number of ether oxygens (including phenoxy) is 4. The van der Waals surface area contributed by atoms with E-state index >= 15 is 0 Å². The zero-order valence-corrected chi connectivity index (χ0v) is 19.0. The lowest BCUT2D eigenvalue weighted by Crippen LogP contribution is -2.26. The van der Waals surface area contributed by atoms with E-state index in [1.165, 1.54) is 24.3 Å². The first kappa shape index (κ1) is 24.5. The van der Waals surface area contributed by atoms with Crippen molar-refractivity contribution in [1.29, 1.82) is 0 Å². The van der Waals surface area contributed by atoms with E-state index in [1.807, 2.05) is 43.3 Å². The van der Waals surface area contributed by atoms with Crippen LogP contribution in [0.25, 0.3) is 0 Å². The zero-order chi connectivity index (χ0) is 24.3. The van der Waals surface area contributed by atoms with Gasteiger partial charge in [-0.1, -0.05) is 55.5 Å². The first-order valence-electron chi connectivity index (χ1n) is 10.8. The Balaban J connectivity index is 1.43. The topological polar surface area (TPSA) is 88.1 Å². The molecule has 2 atom stereocenters. The summed E-state index contributed by atoms with van der Waals surface area (Å²) in [6.07, 6.45) is -1.33. The molecule has 0 amide bonds. The molecular formula is C27H26O7. The second kappa shape index (κ2) is 12.2. The molecule has 0 spiro atoms. The lowest BCUT2D eigenvalue weighted by atomic mass is 10.1. The number of hydrogen-bond donors (Lipinski definition) is 0. The molecule has 0 N–H and O–H groups in total. The quantitative estimate of drug-likeness (QED) is 0.238. The molecule has 0 aliphatic rings. The van der Waals surface area contributed by atoms with Crippen LogP contribution in [0.1, 0.15) is 40.1 Å². The van der Waals surface area contributed by atoms with E-state index in [9.17, 15) is 14.4 Å². The fourth-order valence-corrected chi connectivity index (χ4v) is 2.85. The average molecular weight is 462 g/mol. The predicted molar refractivity (Wildman–Crippen MR) is 124 cm³/mol. The molecule has 176 valence electrons. The summed E-state index contributed by atoms with van der Waals surface area (Å²) in [6, 6.07) is 23.9. The predicted octanol–water partition coefficient (Wildman–Crippen LogP) is 5.44. The van der Waals surface area contributed by atoms with Crippen LogP contribution in [0.5, 0.6) is 5.75 Å². The van der Waals surface area contributed by atoms with Crippen LogP contribution in [-0.2, 0) is 20.8 Å². The number of rotatable bonds is 9. The summed E-state index contributed by atoms with van der Waals surface area (Å²) in [7, 11) is 0. The Kier molecular flexibility index (Phi) is 8.80. The van der Waals surface area contributed by atoms with E-state index < -0.39 is 24.2 Å². The van der Waals surface area contributed by atoms with Gasteiger partial charge in [-0.15, -0.1) is 0 Å². The van der Waals surface area contributed by atoms with Crippen LogP contribution in [0.15, 0.2) is 84.9 Å². The molecule has 0 fully saturated rings. The Labute approximate surface area is 198 Å². The molecule has 0 saturated carbocycles. The van der Waals surface area contributed by atoms with Crippen LogP contribution >= 0.6 is 0 Å². The normalized spacial score (nSPS) is 12.2. The molecule has 0 saturated heterocycles. The van der Waals surface area contributed by atoms with E-state index in [4.69, 9.17) is 18.9 Å². The third kappa shape index (κ3) is 7.48. The molecule has 0 aliphatic heterocycles. The van der Waals surface area contributed by atoms with Gasteiger partial charge in [0.25, 0.3) is 0 Å². The van der Waals surface area contributed by atoms with Crippen LogP contribution in [0, 0.1) is 5.92 Å². The van der Waals surface area contributed by atoms with Crippen molar-refractivity contribution in [2.75, 3.05) is 6.61 Å². The lowest BCUT2D eigenvalue weighted by Gasteiger charge is -2.20. The summed E-state index contributed by atoms with van der Waals surface area (Å²) < 4.78 is 21.0. The highest BCUT2D eigenvalue weighted by Gasteiger charge is 2.20. The Morgan fingerprint density at radius 1 is 0.706 bits per heavy atom. The molecule has 3 aromatic rings. The molecule has 34 heavy (non-hydrogen) atoms. The van der Waals surface area contributed by atoms with Crippen LogP contribution in [-0.4, -0.2) is 30.8 Å². The summed E-state index contributed by atoms with van der Waals surface area (Å²) in [5.74, 6) is -0.932. The standard InChI is InChI=1S/C27H26O7/c1-19(17-31-25(28)22-11-7-4-8-12-22)20(2)33-26(29)23-13-15-24(16-14-23)34-27(30)32-18-21-9-5-3-6-10-21/h3-16,19-20H,17-18H2,1-2H3. The largest absolute Gasteiger partial charge is 0.514 e. The van der Waals surface area contributed by atoms with Crippen molar-refractivity contribution in [3.63, 3.8) is 0 Å². The molecule has 3 rings (SSSR count). The van der Waals surface area contributed by atoms with Gasteiger partial charge in [0.2, 0.25) is 0 Å². The maximum absolute atomic E-state index is 12.4. The molecule has 2 unspecified atom stereocenters. The van der Waals surface area contributed by atoms with Crippen molar-refractivity contribution >= 4 is 18.1 Å². The first-order chi connectivity index (χ1) is 16.4. The Morgan fingerprint density at radius 3 is 1.94 bits per heavy atom. The minimum atomic E-state index is -0.841. The second-order valence-electron chi connectivity index (χ2n) is 7.70. The van der Waals surface area contributed by atoms with Gasteiger partial charge in [0.1, 0.15) is 18.5 Å². The van der Waals surface area contributed by atoms with Gasteiger partial charge in [-0.3, -0.25) is 0 Å². The maximum Gasteiger partial charge on any atom is 0.514 e. The first-order valence-corrected chi connectivity index (χ1v) is 10.8. The van der Waals surface area contributed by atoms with Crippen LogP contribution in [0.2, 0.25) is 0 Å². The van der Waals surface area contributed by atoms with E-state index in [-0.39, 0.29) is 24.9 Å². The summed E-state index contributed by atoms with van der Waals surface area (Å²) in [4.78, 5) is 36.4. The molecule has 0 aromatic heterocycles. The zero-order valence-electron chi connectivity index (χ0n) is 19.0. The number of carbonyl (C=O) groups excluding carboxylic acids is 3. The Morgan fingerprint density at radius 2 is 1.29 bits per heavy atom. The van der Waals surface area contributed by atoms with Crippen molar-refractivity contribution in [3.05, 3.63) is 102 Å². The number of hydrogen-bond acceptors (Lipinski definition) is 7. The number of benzene rings is 3. The summed E-state index contributed by atoms with van der Waals surface area (Å²) in [5, 5.41) is 0. The SMILES string of the molecule is CC(COC(=O)c1ccccc1)C(C)OC(=O)c1ccc(OC(=O)OCc2ccccc2)cc1. The van der Waals surface area contributed by atoms with Gasteiger partial charge in [-0.05, 0) is 48.9 Å². The van der Waals surface area contributed by atoms with Gasteiger partial charge in [-0.2, -0.15) is 0 Å².